The molecule has 6 heteroatoms. The van der Waals surface area contributed by atoms with E-state index in [0.717, 1.165) is 57.6 Å². The number of aromatic nitrogens is 4. The van der Waals surface area contributed by atoms with Crippen LogP contribution in [0.1, 0.15) is 31.5 Å². The van der Waals surface area contributed by atoms with Crippen molar-refractivity contribution in [1.82, 2.24) is 20.2 Å². The smallest absolute Gasteiger partial charge is 0.153 e. The molecule has 1 aliphatic rings. The summed E-state index contributed by atoms with van der Waals surface area (Å²) in [5.74, 6) is 0.934. The van der Waals surface area contributed by atoms with Crippen molar-refractivity contribution in [2.75, 3.05) is 13.2 Å². The summed E-state index contributed by atoms with van der Waals surface area (Å²) >= 11 is 0. The summed E-state index contributed by atoms with van der Waals surface area (Å²) in [5, 5.41) is 11.8. The lowest BCUT2D eigenvalue weighted by Gasteiger charge is -2.08. The van der Waals surface area contributed by atoms with Crippen LogP contribution in [0.15, 0.2) is 0 Å². The lowest BCUT2D eigenvalue weighted by molar-refractivity contribution is 0.109. The minimum Gasteiger partial charge on any atom is -0.378 e. The molecule has 0 bridgehead atoms. The lowest BCUT2D eigenvalue weighted by Crippen LogP contribution is -2.15. The van der Waals surface area contributed by atoms with Crippen molar-refractivity contribution in [2.24, 2.45) is 5.73 Å². The number of unbranched alkanes of at least 4 members (excludes halogenated alkanes) is 1. The van der Waals surface area contributed by atoms with Crippen LogP contribution in [-0.2, 0) is 17.7 Å². The van der Waals surface area contributed by atoms with Crippen molar-refractivity contribution in [3.63, 3.8) is 0 Å². The molecule has 0 amide bonds. The second-order valence-corrected chi connectivity index (χ2v) is 4.15. The fourth-order valence-corrected chi connectivity index (χ4v) is 1.96. The largest absolute Gasteiger partial charge is 0.378 e. The number of hydrogen-bond acceptors (Lipinski definition) is 5. The third-order valence-corrected chi connectivity index (χ3v) is 2.86. The van der Waals surface area contributed by atoms with Gasteiger partial charge in [-0.3, -0.25) is 0 Å². The molecular weight excluding hydrogens is 206 g/mol. The molecule has 0 aromatic carbocycles. The Morgan fingerprint density at radius 2 is 2.38 bits per heavy atom. The van der Waals surface area contributed by atoms with Crippen molar-refractivity contribution in [3.8, 4) is 0 Å². The summed E-state index contributed by atoms with van der Waals surface area (Å²) in [5.41, 5.74) is 5.46. The van der Waals surface area contributed by atoms with Gasteiger partial charge in [-0.25, -0.2) is 4.68 Å². The lowest BCUT2D eigenvalue weighted by atomic mass is 10.2. The van der Waals surface area contributed by atoms with Gasteiger partial charge >= 0.3 is 0 Å². The van der Waals surface area contributed by atoms with Crippen LogP contribution in [0.4, 0.5) is 0 Å². The Hall–Kier alpha value is -1.01. The van der Waals surface area contributed by atoms with Crippen molar-refractivity contribution >= 4 is 0 Å². The number of tetrazole rings is 1. The van der Waals surface area contributed by atoms with Crippen molar-refractivity contribution in [2.45, 2.75) is 44.8 Å². The molecule has 0 radical (unpaired) electrons. The number of aryl methyl sites for hydroxylation is 1. The predicted octanol–water partition coefficient (Wildman–Crippen LogP) is 0.133. The van der Waals surface area contributed by atoms with E-state index >= 15 is 0 Å². The quantitative estimate of drug-likeness (QED) is 0.696. The van der Waals surface area contributed by atoms with Crippen LogP contribution in [0, 0.1) is 0 Å². The Kier molecular flexibility index (Phi) is 4.24. The molecular formula is C10H19N5O. The van der Waals surface area contributed by atoms with Crippen LogP contribution in [0.2, 0.25) is 0 Å². The summed E-state index contributed by atoms with van der Waals surface area (Å²) in [6.07, 6.45) is 5.45. The molecule has 1 unspecified atom stereocenters. The molecule has 1 atom stereocenters. The Morgan fingerprint density at radius 3 is 3.12 bits per heavy atom. The SMILES string of the molecule is NCCCCn1nnnc1CC1CCCO1. The summed E-state index contributed by atoms with van der Waals surface area (Å²) in [6.45, 7) is 2.45. The Bertz CT molecular complexity index is 308. The zero-order valence-corrected chi connectivity index (χ0v) is 9.51. The number of rotatable bonds is 6. The second kappa shape index (κ2) is 5.91. The van der Waals surface area contributed by atoms with Gasteiger partial charge in [0.2, 0.25) is 0 Å². The van der Waals surface area contributed by atoms with Gasteiger partial charge in [-0.1, -0.05) is 0 Å². The van der Waals surface area contributed by atoms with Crippen molar-refractivity contribution in [3.05, 3.63) is 5.82 Å². The van der Waals surface area contributed by atoms with Crippen LogP contribution in [0.25, 0.3) is 0 Å². The van der Waals surface area contributed by atoms with E-state index in [1.165, 1.54) is 0 Å². The zero-order chi connectivity index (χ0) is 11.2. The molecule has 0 aliphatic carbocycles. The fourth-order valence-electron chi connectivity index (χ4n) is 1.96. The van der Waals surface area contributed by atoms with E-state index in [4.69, 9.17) is 10.5 Å². The first-order valence-electron chi connectivity index (χ1n) is 5.97. The highest BCUT2D eigenvalue weighted by atomic mass is 16.5. The molecule has 90 valence electrons. The minimum absolute atomic E-state index is 0.305. The van der Waals surface area contributed by atoms with E-state index in [0.29, 0.717) is 6.10 Å². The Labute approximate surface area is 95.1 Å². The maximum Gasteiger partial charge on any atom is 0.153 e. The molecule has 2 rings (SSSR count). The molecule has 1 aromatic rings. The second-order valence-electron chi connectivity index (χ2n) is 4.15. The summed E-state index contributed by atoms with van der Waals surface area (Å²) in [6, 6.07) is 0. The molecule has 6 nitrogen and oxygen atoms in total. The molecule has 2 heterocycles. The van der Waals surface area contributed by atoms with Crippen LogP contribution in [-0.4, -0.2) is 39.5 Å². The van der Waals surface area contributed by atoms with Gasteiger partial charge in [0.05, 0.1) is 6.10 Å². The van der Waals surface area contributed by atoms with Gasteiger partial charge in [0.1, 0.15) is 0 Å². The molecule has 1 saturated heterocycles. The van der Waals surface area contributed by atoms with Gasteiger partial charge < -0.3 is 10.5 Å². The third-order valence-electron chi connectivity index (χ3n) is 2.86. The van der Waals surface area contributed by atoms with Gasteiger partial charge in [-0.15, -0.1) is 5.10 Å². The van der Waals surface area contributed by atoms with Crippen LogP contribution in [0.3, 0.4) is 0 Å². The zero-order valence-electron chi connectivity index (χ0n) is 9.51. The van der Waals surface area contributed by atoms with E-state index in [9.17, 15) is 0 Å². The molecule has 0 saturated carbocycles. The average Bonchev–Trinajstić information content (AvgIpc) is 2.92. The maximum absolute atomic E-state index is 5.58. The number of nitrogens with two attached hydrogens (primary N) is 1. The number of hydrogen-bond donors (Lipinski definition) is 1. The Morgan fingerprint density at radius 1 is 1.44 bits per heavy atom. The van der Waals surface area contributed by atoms with Gasteiger partial charge in [0, 0.05) is 19.6 Å². The first kappa shape index (κ1) is 11.5. The fraction of sp³-hybridized carbons (Fsp3) is 0.900. The number of nitrogens with zero attached hydrogens (tertiary/aromatic N) is 4. The van der Waals surface area contributed by atoms with E-state index < -0.39 is 0 Å². The van der Waals surface area contributed by atoms with E-state index in [1.807, 2.05) is 4.68 Å². The average molecular weight is 225 g/mol. The van der Waals surface area contributed by atoms with Crippen LogP contribution in [0.5, 0.6) is 0 Å². The molecule has 1 fully saturated rings. The summed E-state index contributed by atoms with van der Waals surface area (Å²) < 4.78 is 7.45. The van der Waals surface area contributed by atoms with Crippen molar-refractivity contribution < 1.29 is 4.74 Å². The topological polar surface area (TPSA) is 78.9 Å². The molecule has 1 aliphatic heterocycles. The summed E-state index contributed by atoms with van der Waals surface area (Å²) in [7, 11) is 0. The maximum atomic E-state index is 5.58. The van der Waals surface area contributed by atoms with E-state index in [2.05, 4.69) is 15.5 Å². The first-order chi connectivity index (χ1) is 7.90. The predicted molar refractivity (Wildman–Crippen MR) is 58.8 cm³/mol. The molecule has 0 spiro atoms. The standard InChI is InChI=1S/C10H19N5O/c11-5-1-2-6-15-10(12-13-14-15)8-9-4-3-7-16-9/h9H,1-8,11H2. The highest BCUT2D eigenvalue weighted by Gasteiger charge is 2.19. The van der Waals surface area contributed by atoms with Crippen molar-refractivity contribution in [1.29, 1.82) is 0 Å². The third kappa shape index (κ3) is 2.99. The van der Waals surface area contributed by atoms with Gasteiger partial charge in [0.15, 0.2) is 5.82 Å². The highest BCUT2D eigenvalue weighted by molar-refractivity contribution is 4.86. The number of ether oxygens (including phenoxy) is 1. The van der Waals surface area contributed by atoms with E-state index in [1.54, 1.807) is 0 Å². The Balaban J connectivity index is 1.85. The molecule has 16 heavy (non-hydrogen) atoms. The molecule has 1 aromatic heterocycles. The van der Waals surface area contributed by atoms with Gasteiger partial charge in [0.25, 0.3) is 0 Å². The first-order valence-corrected chi connectivity index (χ1v) is 5.97. The van der Waals surface area contributed by atoms with E-state index in [-0.39, 0.29) is 0 Å². The van der Waals surface area contributed by atoms with Gasteiger partial charge in [-0.05, 0) is 42.7 Å². The minimum atomic E-state index is 0.305. The highest BCUT2D eigenvalue weighted by Crippen LogP contribution is 2.15. The van der Waals surface area contributed by atoms with Crippen LogP contribution >= 0.6 is 0 Å². The van der Waals surface area contributed by atoms with Gasteiger partial charge in [-0.2, -0.15) is 0 Å². The normalized spacial score (nSPS) is 20.4. The monoisotopic (exact) mass is 225 g/mol. The summed E-state index contributed by atoms with van der Waals surface area (Å²) in [4.78, 5) is 0. The van der Waals surface area contributed by atoms with Crippen LogP contribution < -0.4 is 5.73 Å². The molecule has 2 N–H and O–H groups in total.